The third kappa shape index (κ3) is 6.46. The number of rotatable bonds is 10. The van der Waals surface area contributed by atoms with E-state index in [0.29, 0.717) is 18.8 Å². The van der Waals surface area contributed by atoms with E-state index in [4.69, 9.17) is 4.74 Å². The van der Waals surface area contributed by atoms with E-state index in [0.717, 1.165) is 12.1 Å². The summed E-state index contributed by atoms with van der Waals surface area (Å²) in [4.78, 5) is 11.6. The van der Waals surface area contributed by atoms with Crippen molar-refractivity contribution in [3.8, 4) is 0 Å². The number of ether oxygens (including phenoxy) is 1. The largest absolute Gasteiger partial charge is 0.383 e. The number of halogens is 1. The highest BCUT2D eigenvalue weighted by Crippen LogP contribution is 2.14. The molecule has 0 fully saturated rings. The number of thioether (sulfide) groups is 1. The maximum absolute atomic E-state index is 13.7. The molecule has 1 amide bonds. The zero-order chi connectivity index (χ0) is 17.3. The first-order chi connectivity index (χ1) is 10.9. The van der Waals surface area contributed by atoms with Gasteiger partial charge < -0.3 is 10.1 Å². The Bertz CT molecular complexity index is 611. The SMILES string of the molecule is COCCNC(=O)C(CCSC)NS(=O)(=O)c1ccccc1F. The summed E-state index contributed by atoms with van der Waals surface area (Å²) in [5.74, 6) is -0.735. The van der Waals surface area contributed by atoms with Crippen molar-refractivity contribution in [1.82, 2.24) is 10.0 Å². The Morgan fingerprint density at radius 3 is 2.70 bits per heavy atom. The van der Waals surface area contributed by atoms with E-state index >= 15 is 0 Å². The lowest BCUT2D eigenvalue weighted by Crippen LogP contribution is -2.47. The number of amides is 1. The molecule has 0 heterocycles. The number of benzene rings is 1. The van der Waals surface area contributed by atoms with Gasteiger partial charge in [-0.15, -0.1) is 0 Å². The van der Waals surface area contributed by atoms with Crippen LogP contribution in [0.25, 0.3) is 0 Å². The standard InChI is InChI=1S/C14H21FN2O4S2/c1-21-9-8-16-14(18)12(7-10-22-2)17-23(19,20)13-6-4-3-5-11(13)15/h3-6,12,17H,7-10H2,1-2H3,(H,16,18). The van der Waals surface area contributed by atoms with Gasteiger partial charge in [0, 0.05) is 13.7 Å². The number of hydrogen-bond acceptors (Lipinski definition) is 5. The fourth-order valence-corrected chi connectivity index (χ4v) is 3.57. The average molecular weight is 364 g/mol. The van der Waals surface area contributed by atoms with Crippen LogP contribution in [0, 0.1) is 5.82 Å². The van der Waals surface area contributed by atoms with Crippen LogP contribution in [0.1, 0.15) is 6.42 Å². The van der Waals surface area contributed by atoms with Gasteiger partial charge in [0.1, 0.15) is 16.8 Å². The second-order valence-electron chi connectivity index (χ2n) is 4.67. The van der Waals surface area contributed by atoms with E-state index in [1.54, 1.807) is 0 Å². The first kappa shape index (κ1) is 19.9. The molecule has 6 nitrogen and oxygen atoms in total. The van der Waals surface area contributed by atoms with Crippen molar-refractivity contribution >= 4 is 27.7 Å². The van der Waals surface area contributed by atoms with Gasteiger partial charge in [-0.1, -0.05) is 12.1 Å². The predicted molar refractivity (Wildman–Crippen MR) is 88.4 cm³/mol. The molecule has 1 rings (SSSR count). The Labute approximate surface area is 140 Å². The van der Waals surface area contributed by atoms with Crippen molar-refractivity contribution < 1.29 is 22.3 Å². The maximum Gasteiger partial charge on any atom is 0.244 e. The van der Waals surface area contributed by atoms with E-state index in [9.17, 15) is 17.6 Å². The minimum absolute atomic E-state index is 0.270. The molecule has 0 aliphatic heterocycles. The molecule has 0 aliphatic carbocycles. The van der Waals surface area contributed by atoms with Crippen LogP contribution in [0.15, 0.2) is 29.2 Å². The minimum Gasteiger partial charge on any atom is -0.383 e. The molecular weight excluding hydrogens is 343 g/mol. The molecule has 130 valence electrons. The number of methoxy groups -OCH3 is 1. The van der Waals surface area contributed by atoms with Crippen LogP contribution < -0.4 is 10.0 Å². The fraction of sp³-hybridized carbons (Fsp3) is 0.500. The van der Waals surface area contributed by atoms with E-state index < -0.39 is 32.7 Å². The molecule has 0 bridgehead atoms. The first-order valence-corrected chi connectivity index (χ1v) is 9.82. The quantitative estimate of drug-likeness (QED) is 0.605. The van der Waals surface area contributed by atoms with Gasteiger partial charge in [0.05, 0.1) is 6.61 Å². The normalized spacial score (nSPS) is 12.8. The summed E-state index contributed by atoms with van der Waals surface area (Å²) >= 11 is 1.49. The zero-order valence-corrected chi connectivity index (χ0v) is 14.7. The molecule has 1 aromatic rings. The third-order valence-electron chi connectivity index (χ3n) is 2.96. The molecule has 1 atom stereocenters. The highest BCUT2D eigenvalue weighted by atomic mass is 32.2. The van der Waals surface area contributed by atoms with Crippen LogP contribution in [0.5, 0.6) is 0 Å². The summed E-state index contributed by atoms with van der Waals surface area (Å²) in [5, 5.41) is 2.59. The molecule has 9 heteroatoms. The zero-order valence-electron chi connectivity index (χ0n) is 13.0. The number of carbonyl (C=O) groups is 1. The Morgan fingerprint density at radius 2 is 2.09 bits per heavy atom. The number of sulfonamides is 1. The molecule has 23 heavy (non-hydrogen) atoms. The fourth-order valence-electron chi connectivity index (χ4n) is 1.79. The van der Waals surface area contributed by atoms with Crippen LogP contribution in [0.3, 0.4) is 0 Å². The highest BCUT2D eigenvalue weighted by molar-refractivity contribution is 7.98. The van der Waals surface area contributed by atoms with Crippen LogP contribution >= 0.6 is 11.8 Å². The van der Waals surface area contributed by atoms with Crippen molar-refractivity contribution in [2.45, 2.75) is 17.4 Å². The summed E-state index contributed by atoms with van der Waals surface area (Å²) in [5.41, 5.74) is 0. The Hall–Kier alpha value is -1.16. The number of hydrogen-bond donors (Lipinski definition) is 2. The lowest BCUT2D eigenvalue weighted by Gasteiger charge is -2.18. The topological polar surface area (TPSA) is 84.5 Å². The molecular formula is C14H21FN2O4S2. The minimum atomic E-state index is -4.12. The number of nitrogens with one attached hydrogen (secondary N) is 2. The van der Waals surface area contributed by atoms with Gasteiger partial charge >= 0.3 is 0 Å². The Balaban J connectivity index is 2.87. The summed E-state index contributed by atoms with van der Waals surface area (Å²) in [6.07, 6.45) is 2.15. The van der Waals surface area contributed by atoms with Gasteiger partial charge in [-0.25, -0.2) is 12.8 Å². The maximum atomic E-state index is 13.7. The van der Waals surface area contributed by atoms with Gasteiger partial charge in [-0.05, 0) is 30.6 Å². The molecule has 0 radical (unpaired) electrons. The molecule has 0 aliphatic rings. The predicted octanol–water partition coefficient (Wildman–Crippen LogP) is 0.988. The van der Waals surface area contributed by atoms with Gasteiger partial charge in [0.15, 0.2) is 0 Å². The Morgan fingerprint density at radius 1 is 1.39 bits per heavy atom. The molecule has 0 saturated carbocycles. The van der Waals surface area contributed by atoms with Crippen molar-refractivity contribution in [3.05, 3.63) is 30.1 Å². The summed E-state index contributed by atoms with van der Waals surface area (Å²) in [6.45, 7) is 0.591. The molecule has 0 aromatic heterocycles. The first-order valence-electron chi connectivity index (χ1n) is 6.95. The summed E-state index contributed by atoms with van der Waals surface area (Å²) in [6, 6.07) is 4.07. The molecule has 1 unspecified atom stereocenters. The van der Waals surface area contributed by atoms with Gasteiger partial charge in [0.2, 0.25) is 15.9 Å². The van der Waals surface area contributed by atoms with Crippen LogP contribution in [0.2, 0.25) is 0 Å². The molecule has 0 saturated heterocycles. The third-order valence-corrected chi connectivity index (χ3v) is 5.11. The molecule has 2 N–H and O–H groups in total. The van der Waals surface area contributed by atoms with E-state index in [1.807, 2.05) is 6.26 Å². The summed E-state index contributed by atoms with van der Waals surface area (Å²) in [7, 11) is -2.62. The van der Waals surface area contributed by atoms with E-state index in [1.165, 1.54) is 31.0 Å². The lowest BCUT2D eigenvalue weighted by atomic mass is 10.2. The smallest absolute Gasteiger partial charge is 0.244 e. The van der Waals surface area contributed by atoms with Crippen LogP contribution in [-0.2, 0) is 19.6 Å². The average Bonchev–Trinajstić information content (AvgIpc) is 2.51. The van der Waals surface area contributed by atoms with Crippen LogP contribution in [-0.4, -0.2) is 52.6 Å². The molecule has 1 aromatic carbocycles. The van der Waals surface area contributed by atoms with E-state index in [-0.39, 0.29) is 6.54 Å². The van der Waals surface area contributed by atoms with E-state index in [2.05, 4.69) is 10.0 Å². The second-order valence-corrected chi connectivity index (χ2v) is 7.34. The van der Waals surface area contributed by atoms with Gasteiger partial charge in [-0.3, -0.25) is 4.79 Å². The van der Waals surface area contributed by atoms with Gasteiger partial charge in [0.25, 0.3) is 0 Å². The lowest BCUT2D eigenvalue weighted by molar-refractivity contribution is -0.122. The van der Waals surface area contributed by atoms with Crippen molar-refractivity contribution in [1.29, 1.82) is 0 Å². The number of carbonyl (C=O) groups excluding carboxylic acids is 1. The van der Waals surface area contributed by atoms with Crippen molar-refractivity contribution in [2.24, 2.45) is 0 Å². The molecule has 0 spiro atoms. The highest BCUT2D eigenvalue weighted by Gasteiger charge is 2.27. The summed E-state index contributed by atoms with van der Waals surface area (Å²) < 4.78 is 45.4. The monoisotopic (exact) mass is 364 g/mol. The van der Waals surface area contributed by atoms with Crippen molar-refractivity contribution in [3.63, 3.8) is 0 Å². The van der Waals surface area contributed by atoms with Crippen molar-refractivity contribution in [2.75, 3.05) is 32.3 Å². The van der Waals surface area contributed by atoms with Gasteiger partial charge in [-0.2, -0.15) is 16.5 Å². The van der Waals surface area contributed by atoms with Crippen LogP contribution in [0.4, 0.5) is 4.39 Å². The Kier molecular flexibility index (Phi) is 8.53. The second kappa shape index (κ2) is 9.86.